The molecule has 3 aromatic rings. The number of phenolic OH excluding ortho intramolecular Hbond substituents is 1. The van der Waals surface area contributed by atoms with Crippen molar-refractivity contribution in [3.05, 3.63) is 69.9 Å². The molecule has 0 spiro atoms. The zero-order chi connectivity index (χ0) is 18.0. The number of nitro groups is 1. The van der Waals surface area contributed by atoms with Crippen molar-refractivity contribution in [2.45, 2.75) is 6.92 Å². The fourth-order valence-electron chi connectivity index (χ4n) is 2.28. The second-order valence-corrected chi connectivity index (χ2v) is 5.25. The second kappa shape index (κ2) is 6.44. The topological polar surface area (TPSA) is 114 Å². The van der Waals surface area contributed by atoms with E-state index in [4.69, 9.17) is 0 Å². The third kappa shape index (κ3) is 3.18. The summed E-state index contributed by atoms with van der Waals surface area (Å²) in [6.07, 6.45) is 1.41. The minimum Gasteiger partial charge on any atom is -0.506 e. The first-order valence-corrected chi connectivity index (χ1v) is 7.33. The number of aromatic nitrogens is 2. The van der Waals surface area contributed by atoms with E-state index in [-0.39, 0.29) is 17.3 Å². The largest absolute Gasteiger partial charge is 0.506 e. The van der Waals surface area contributed by atoms with Crippen LogP contribution in [0.2, 0.25) is 0 Å². The highest BCUT2D eigenvalue weighted by molar-refractivity contribution is 5.86. The molecule has 0 aliphatic carbocycles. The van der Waals surface area contributed by atoms with Crippen molar-refractivity contribution in [1.82, 2.24) is 9.78 Å². The Bertz CT molecular complexity index is 961. The van der Waals surface area contributed by atoms with Crippen LogP contribution in [0, 0.1) is 17.0 Å². The van der Waals surface area contributed by atoms with Crippen LogP contribution in [0.25, 0.3) is 5.69 Å². The van der Waals surface area contributed by atoms with E-state index in [1.54, 1.807) is 25.1 Å². The number of aryl methyl sites for hydroxylation is 1. The lowest BCUT2D eigenvalue weighted by atomic mass is 10.2. The number of non-ortho nitro benzene ring substituents is 1. The van der Waals surface area contributed by atoms with Crippen molar-refractivity contribution >= 4 is 17.6 Å². The van der Waals surface area contributed by atoms with Gasteiger partial charge in [-0.2, -0.15) is 5.10 Å². The van der Waals surface area contributed by atoms with E-state index in [0.29, 0.717) is 22.6 Å². The number of para-hydroxylation sites is 2. The lowest BCUT2D eigenvalue weighted by Crippen LogP contribution is -1.96. The second-order valence-electron chi connectivity index (χ2n) is 5.25. The average Bonchev–Trinajstić information content (AvgIpc) is 2.89. The Morgan fingerprint density at radius 3 is 2.48 bits per heavy atom. The summed E-state index contributed by atoms with van der Waals surface area (Å²) in [6.45, 7) is 1.70. The van der Waals surface area contributed by atoms with E-state index in [1.165, 1.54) is 41.2 Å². The molecule has 1 aromatic heterocycles. The molecule has 0 atom stereocenters. The van der Waals surface area contributed by atoms with Crippen molar-refractivity contribution in [2.75, 3.05) is 0 Å². The smallest absolute Gasteiger partial charge is 0.269 e. The molecule has 1 heterocycles. The highest BCUT2D eigenvalue weighted by atomic mass is 16.6. The zero-order valence-electron chi connectivity index (χ0n) is 13.2. The van der Waals surface area contributed by atoms with Crippen LogP contribution in [0.4, 0.5) is 11.4 Å². The highest BCUT2D eigenvalue weighted by Gasteiger charge is 2.15. The molecule has 0 fully saturated rings. The van der Waals surface area contributed by atoms with Crippen LogP contribution in [-0.2, 0) is 0 Å². The van der Waals surface area contributed by atoms with Crippen molar-refractivity contribution in [2.24, 2.45) is 4.99 Å². The van der Waals surface area contributed by atoms with Crippen LogP contribution in [-0.4, -0.2) is 31.1 Å². The monoisotopic (exact) mass is 338 g/mol. The molecule has 0 amide bonds. The van der Waals surface area contributed by atoms with Gasteiger partial charge >= 0.3 is 0 Å². The average molecular weight is 338 g/mol. The Morgan fingerprint density at radius 1 is 1.16 bits per heavy atom. The standard InChI is InChI=1S/C17H14N4O4/c1-11-14(10-18-15-4-2-3-5-16(15)22)17(23)20(19-11)12-6-8-13(9-7-12)21(24)25/h2-10,22-23H,1H3/b18-10+. The van der Waals surface area contributed by atoms with Gasteiger partial charge in [-0.15, -0.1) is 0 Å². The minimum atomic E-state index is -0.498. The normalized spacial score (nSPS) is 11.1. The van der Waals surface area contributed by atoms with Gasteiger partial charge in [-0.25, -0.2) is 4.68 Å². The van der Waals surface area contributed by atoms with Gasteiger partial charge in [0.2, 0.25) is 5.88 Å². The van der Waals surface area contributed by atoms with Gasteiger partial charge in [0.05, 0.1) is 21.9 Å². The fourth-order valence-corrected chi connectivity index (χ4v) is 2.28. The summed E-state index contributed by atoms with van der Waals surface area (Å²) in [4.78, 5) is 14.4. The van der Waals surface area contributed by atoms with Gasteiger partial charge in [0.15, 0.2) is 0 Å². The molecule has 0 bridgehead atoms. The summed E-state index contributed by atoms with van der Waals surface area (Å²) in [7, 11) is 0. The number of rotatable bonds is 4. The Hall–Kier alpha value is -3.68. The van der Waals surface area contributed by atoms with E-state index in [2.05, 4.69) is 10.1 Å². The molecule has 25 heavy (non-hydrogen) atoms. The summed E-state index contributed by atoms with van der Waals surface area (Å²) < 4.78 is 1.27. The molecule has 2 aromatic carbocycles. The number of nitro benzene ring substituents is 1. The lowest BCUT2D eigenvalue weighted by molar-refractivity contribution is -0.384. The first-order chi connectivity index (χ1) is 12.0. The van der Waals surface area contributed by atoms with Crippen molar-refractivity contribution in [3.63, 3.8) is 0 Å². The maximum atomic E-state index is 10.7. The first-order valence-electron chi connectivity index (χ1n) is 7.33. The fraction of sp³-hybridized carbons (Fsp3) is 0.0588. The van der Waals surface area contributed by atoms with Gasteiger partial charge in [0, 0.05) is 18.3 Å². The SMILES string of the molecule is Cc1nn(-c2ccc([N+](=O)[O-])cc2)c(O)c1/C=N/c1ccccc1O. The lowest BCUT2D eigenvalue weighted by Gasteiger charge is -2.02. The summed E-state index contributed by atoms with van der Waals surface area (Å²) >= 11 is 0. The number of phenols is 1. The molecular weight excluding hydrogens is 324 g/mol. The summed E-state index contributed by atoms with van der Waals surface area (Å²) in [6, 6.07) is 12.2. The Morgan fingerprint density at radius 2 is 1.84 bits per heavy atom. The third-order valence-electron chi connectivity index (χ3n) is 3.60. The van der Waals surface area contributed by atoms with E-state index in [9.17, 15) is 20.3 Å². The van der Waals surface area contributed by atoms with Crippen LogP contribution in [0.5, 0.6) is 11.6 Å². The molecule has 0 saturated heterocycles. The zero-order valence-corrected chi connectivity index (χ0v) is 13.2. The molecule has 0 aliphatic rings. The molecule has 8 nitrogen and oxygen atoms in total. The molecule has 126 valence electrons. The van der Waals surface area contributed by atoms with Gasteiger partial charge in [-0.05, 0) is 31.2 Å². The quantitative estimate of drug-likeness (QED) is 0.430. The van der Waals surface area contributed by atoms with Crippen LogP contribution < -0.4 is 0 Å². The number of hydrogen-bond donors (Lipinski definition) is 2. The predicted molar refractivity (Wildman–Crippen MR) is 92.0 cm³/mol. The predicted octanol–water partition coefficient (Wildman–Crippen LogP) is 3.25. The Kier molecular flexibility index (Phi) is 4.17. The summed E-state index contributed by atoms with van der Waals surface area (Å²) in [5, 5.41) is 35.1. The Labute approximate surface area is 142 Å². The van der Waals surface area contributed by atoms with Gasteiger partial charge < -0.3 is 10.2 Å². The summed E-state index contributed by atoms with van der Waals surface area (Å²) in [5.74, 6) is -0.121. The minimum absolute atomic E-state index is 0.0265. The third-order valence-corrected chi connectivity index (χ3v) is 3.60. The van der Waals surface area contributed by atoms with E-state index in [0.717, 1.165) is 0 Å². The summed E-state index contributed by atoms with van der Waals surface area (Å²) in [5.41, 5.74) is 1.71. The maximum absolute atomic E-state index is 10.7. The molecule has 0 unspecified atom stereocenters. The molecule has 2 N–H and O–H groups in total. The van der Waals surface area contributed by atoms with E-state index < -0.39 is 4.92 Å². The molecule has 0 saturated carbocycles. The number of aliphatic imine (C=N–C) groups is 1. The highest BCUT2D eigenvalue weighted by Crippen LogP contribution is 2.28. The molecule has 0 aliphatic heterocycles. The van der Waals surface area contributed by atoms with Crippen LogP contribution in [0.15, 0.2) is 53.5 Å². The van der Waals surface area contributed by atoms with Crippen molar-refractivity contribution < 1.29 is 15.1 Å². The van der Waals surface area contributed by atoms with Crippen LogP contribution in [0.1, 0.15) is 11.3 Å². The number of nitrogens with zero attached hydrogens (tertiary/aromatic N) is 4. The van der Waals surface area contributed by atoms with Crippen LogP contribution >= 0.6 is 0 Å². The van der Waals surface area contributed by atoms with Gasteiger partial charge in [0.1, 0.15) is 11.4 Å². The molecule has 8 heteroatoms. The van der Waals surface area contributed by atoms with Crippen LogP contribution in [0.3, 0.4) is 0 Å². The number of aromatic hydroxyl groups is 2. The maximum Gasteiger partial charge on any atom is 0.269 e. The van der Waals surface area contributed by atoms with E-state index >= 15 is 0 Å². The number of benzene rings is 2. The van der Waals surface area contributed by atoms with Crippen molar-refractivity contribution in [1.29, 1.82) is 0 Å². The van der Waals surface area contributed by atoms with E-state index in [1.807, 2.05) is 0 Å². The first kappa shape index (κ1) is 16.2. The number of hydrogen-bond acceptors (Lipinski definition) is 6. The van der Waals surface area contributed by atoms with Gasteiger partial charge in [-0.3, -0.25) is 15.1 Å². The Balaban J connectivity index is 1.96. The van der Waals surface area contributed by atoms with Gasteiger partial charge in [0.25, 0.3) is 5.69 Å². The van der Waals surface area contributed by atoms with Crippen molar-refractivity contribution in [3.8, 4) is 17.3 Å². The molecule has 3 rings (SSSR count). The van der Waals surface area contributed by atoms with Gasteiger partial charge in [-0.1, -0.05) is 12.1 Å². The molecule has 0 radical (unpaired) electrons. The molecular formula is C17H14N4O4.